The molecule has 24 heavy (non-hydrogen) atoms. The molecule has 2 aromatic rings. The first-order valence-electron chi connectivity index (χ1n) is 6.88. The predicted octanol–water partition coefficient (Wildman–Crippen LogP) is 1.07. The van der Waals surface area contributed by atoms with Crippen molar-refractivity contribution in [2.45, 2.75) is 23.8 Å². The molecule has 11 heteroatoms. The standard InChI is InChI=1S/C13H12N6O4S/c1-7-15-16-13-18(7)17-12(21)10(24-13)6-11(20)14-8-3-2-4-9(5-8)19(22)23/h2-5,10H,6H2,1H3,(H,14,20)(H,17,21). The summed E-state index contributed by atoms with van der Waals surface area (Å²) in [5.74, 6) is -0.206. The van der Waals surface area contributed by atoms with Crippen LogP contribution in [-0.2, 0) is 9.59 Å². The minimum Gasteiger partial charge on any atom is -0.326 e. The van der Waals surface area contributed by atoms with Crippen molar-refractivity contribution in [3.8, 4) is 0 Å². The molecule has 1 aromatic heterocycles. The van der Waals surface area contributed by atoms with Gasteiger partial charge in [-0.05, 0) is 13.0 Å². The van der Waals surface area contributed by atoms with Crippen LogP contribution in [-0.4, -0.2) is 36.9 Å². The molecule has 1 aliphatic rings. The molecule has 0 aliphatic carbocycles. The summed E-state index contributed by atoms with van der Waals surface area (Å²) in [7, 11) is 0. The number of nitro groups is 1. The van der Waals surface area contributed by atoms with Crippen molar-refractivity contribution in [1.29, 1.82) is 0 Å². The summed E-state index contributed by atoms with van der Waals surface area (Å²) < 4.78 is 1.46. The number of nitrogens with one attached hydrogen (secondary N) is 2. The third-order valence-corrected chi connectivity index (χ3v) is 4.41. The fourth-order valence-corrected chi connectivity index (χ4v) is 3.14. The molecular weight excluding hydrogens is 336 g/mol. The first-order chi connectivity index (χ1) is 11.4. The first-order valence-corrected chi connectivity index (χ1v) is 7.76. The number of aromatic nitrogens is 3. The molecule has 0 saturated carbocycles. The Bertz CT molecular complexity index is 836. The highest BCUT2D eigenvalue weighted by Gasteiger charge is 2.31. The number of carbonyl (C=O) groups excluding carboxylic acids is 2. The van der Waals surface area contributed by atoms with E-state index in [0.717, 1.165) is 11.8 Å². The van der Waals surface area contributed by atoms with Gasteiger partial charge < -0.3 is 5.32 Å². The Labute approximate surface area is 139 Å². The lowest BCUT2D eigenvalue weighted by atomic mass is 10.2. The number of benzene rings is 1. The number of rotatable bonds is 4. The van der Waals surface area contributed by atoms with Gasteiger partial charge >= 0.3 is 0 Å². The van der Waals surface area contributed by atoms with Crippen molar-refractivity contribution in [3.63, 3.8) is 0 Å². The number of non-ortho nitro benzene ring substituents is 1. The SMILES string of the molecule is Cc1nnc2n1NC(=O)C(CC(=O)Nc1cccc([N+](=O)[O-])c1)S2. The molecule has 2 N–H and O–H groups in total. The zero-order valence-electron chi connectivity index (χ0n) is 12.4. The van der Waals surface area contributed by atoms with E-state index in [1.165, 1.54) is 22.9 Å². The van der Waals surface area contributed by atoms with Crippen LogP contribution in [0.15, 0.2) is 29.4 Å². The Morgan fingerprint density at radius 3 is 3.04 bits per heavy atom. The van der Waals surface area contributed by atoms with Gasteiger partial charge in [-0.25, -0.2) is 4.68 Å². The Kier molecular flexibility index (Phi) is 4.16. The molecule has 0 bridgehead atoms. The molecule has 2 heterocycles. The lowest BCUT2D eigenvalue weighted by molar-refractivity contribution is -0.384. The molecule has 10 nitrogen and oxygen atoms in total. The first kappa shape index (κ1) is 15.9. The third kappa shape index (κ3) is 3.20. The van der Waals surface area contributed by atoms with E-state index in [4.69, 9.17) is 0 Å². The summed E-state index contributed by atoms with van der Waals surface area (Å²) in [5, 5.41) is 20.9. The highest BCUT2D eigenvalue weighted by molar-refractivity contribution is 8.00. The summed E-state index contributed by atoms with van der Waals surface area (Å²) in [6.45, 7) is 1.70. The largest absolute Gasteiger partial charge is 0.326 e. The van der Waals surface area contributed by atoms with E-state index in [9.17, 15) is 19.7 Å². The second-order valence-electron chi connectivity index (χ2n) is 5.01. The maximum atomic E-state index is 12.1. The lowest BCUT2D eigenvalue weighted by Crippen LogP contribution is -2.38. The molecule has 0 saturated heterocycles. The molecule has 1 aliphatic heterocycles. The second kappa shape index (κ2) is 6.28. The van der Waals surface area contributed by atoms with Crippen LogP contribution in [0.3, 0.4) is 0 Å². The van der Waals surface area contributed by atoms with Gasteiger partial charge in [0.05, 0.1) is 4.92 Å². The maximum absolute atomic E-state index is 12.1. The van der Waals surface area contributed by atoms with Gasteiger partial charge in [-0.15, -0.1) is 10.2 Å². The quantitative estimate of drug-likeness (QED) is 0.624. The molecular formula is C13H12N6O4S. The number of aryl methyl sites for hydroxylation is 1. The zero-order valence-corrected chi connectivity index (χ0v) is 13.2. The number of carbonyl (C=O) groups is 2. The van der Waals surface area contributed by atoms with Gasteiger partial charge in [0.1, 0.15) is 11.1 Å². The number of hydrogen-bond acceptors (Lipinski definition) is 7. The van der Waals surface area contributed by atoms with Gasteiger partial charge in [-0.1, -0.05) is 17.8 Å². The van der Waals surface area contributed by atoms with Crippen LogP contribution < -0.4 is 10.7 Å². The van der Waals surface area contributed by atoms with E-state index in [1.54, 1.807) is 13.0 Å². The average molecular weight is 348 g/mol. The van der Waals surface area contributed by atoms with E-state index in [-0.39, 0.29) is 18.0 Å². The number of amides is 2. The van der Waals surface area contributed by atoms with Gasteiger partial charge in [0.25, 0.3) is 11.6 Å². The van der Waals surface area contributed by atoms with Crippen LogP contribution in [0.25, 0.3) is 0 Å². The van der Waals surface area contributed by atoms with Gasteiger partial charge in [-0.3, -0.25) is 25.1 Å². The van der Waals surface area contributed by atoms with Crippen LogP contribution >= 0.6 is 11.8 Å². The average Bonchev–Trinajstić information content (AvgIpc) is 2.88. The number of hydrogen-bond donors (Lipinski definition) is 2. The van der Waals surface area contributed by atoms with E-state index in [2.05, 4.69) is 20.9 Å². The van der Waals surface area contributed by atoms with E-state index in [1.807, 2.05) is 0 Å². The summed E-state index contributed by atoms with van der Waals surface area (Å²) in [5.41, 5.74) is 2.79. The van der Waals surface area contributed by atoms with Gasteiger partial charge in [0.2, 0.25) is 11.1 Å². The molecule has 124 valence electrons. The van der Waals surface area contributed by atoms with E-state index >= 15 is 0 Å². The van der Waals surface area contributed by atoms with Crippen molar-refractivity contribution in [2.24, 2.45) is 0 Å². The number of nitro benzene ring substituents is 1. The molecule has 1 aromatic carbocycles. The molecule has 0 spiro atoms. The Morgan fingerprint density at radius 1 is 1.50 bits per heavy atom. The lowest BCUT2D eigenvalue weighted by Gasteiger charge is -2.22. The minimum atomic E-state index is -0.653. The third-order valence-electron chi connectivity index (χ3n) is 3.27. The van der Waals surface area contributed by atoms with Crippen LogP contribution in [0.2, 0.25) is 0 Å². The van der Waals surface area contributed by atoms with Gasteiger partial charge in [0.15, 0.2) is 0 Å². The summed E-state index contributed by atoms with van der Waals surface area (Å²) in [6.07, 6.45) is -0.0922. The molecule has 3 rings (SSSR count). The van der Waals surface area contributed by atoms with Crippen molar-refractivity contribution in [3.05, 3.63) is 40.2 Å². The molecule has 0 fully saturated rings. The van der Waals surface area contributed by atoms with Crippen molar-refractivity contribution >= 4 is 35.0 Å². The van der Waals surface area contributed by atoms with E-state index < -0.39 is 16.1 Å². The smallest absolute Gasteiger partial charge is 0.271 e. The molecule has 1 atom stereocenters. The molecule has 2 amide bonds. The second-order valence-corrected chi connectivity index (χ2v) is 6.18. The van der Waals surface area contributed by atoms with Crippen molar-refractivity contribution < 1.29 is 14.5 Å². The monoisotopic (exact) mass is 348 g/mol. The van der Waals surface area contributed by atoms with Gasteiger partial charge in [-0.2, -0.15) is 0 Å². The van der Waals surface area contributed by atoms with Crippen LogP contribution in [0, 0.1) is 17.0 Å². The van der Waals surface area contributed by atoms with Crippen LogP contribution in [0.4, 0.5) is 11.4 Å². The van der Waals surface area contributed by atoms with Crippen LogP contribution in [0.5, 0.6) is 0 Å². The fraction of sp³-hybridized carbons (Fsp3) is 0.231. The highest BCUT2D eigenvalue weighted by atomic mass is 32.2. The summed E-state index contributed by atoms with van der Waals surface area (Å²) in [4.78, 5) is 34.4. The Hall–Kier alpha value is -2.95. The summed E-state index contributed by atoms with van der Waals surface area (Å²) in [6, 6.07) is 5.60. The number of nitrogens with zero attached hydrogens (tertiary/aromatic N) is 4. The Balaban J connectivity index is 1.66. The zero-order chi connectivity index (χ0) is 17.3. The number of anilines is 1. The van der Waals surface area contributed by atoms with Crippen molar-refractivity contribution in [2.75, 3.05) is 10.7 Å². The number of thioether (sulfide) groups is 1. The van der Waals surface area contributed by atoms with E-state index in [0.29, 0.717) is 16.7 Å². The minimum absolute atomic E-state index is 0.0922. The Morgan fingerprint density at radius 2 is 2.29 bits per heavy atom. The van der Waals surface area contributed by atoms with Crippen LogP contribution in [0.1, 0.15) is 12.2 Å². The maximum Gasteiger partial charge on any atom is 0.271 e. The number of fused-ring (bicyclic) bond motifs is 1. The van der Waals surface area contributed by atoms with Crippen molar-refractivity contribution in [1.82, 2.24) is 14.9 Å². The normalized spacial score (nSPS) is 16.2. The molecule has 0 radical (unpaired) electrons. The molecule has 1 unspecified atom stereocenters. The summed E-state index contributed by atoms with van der Waals surface area (Å²) >= 11 is 1.14. The fourth-order valence-electron chi connectivity index (χ4n) is 2.12. The highest BCUT2D eigenvalue weighted by Crippen LogP contribution is 2.28. The predicted molar refractivity (Wildman–Crippen MR) is 85.1 cm³/mol. The van der Waals surface area contributed by atoms with Gasteiger partial charge in [0, 0.05) is 24.2 Å². The topological polar surface area (TPSA) is 132 Å².